The molecule has 1 aromatic carbocycles. The van der Waals surface area contributed by atoms with E-state index in [1.54, 1.807) is 0 Å². The van der Waals surface area contributed by atoms with E-state index in [4.69, 9.17) is 16.7 Å². The molecule has 0 radical (unpaired) electrons. The quantitative estimate of drug-likeness (QED) is 0.892. The summed E-state index contributed by atoms with van der Waals surface area (Å²) in [6.45, 7) is 3.77. The highest BCUT2D eigenvalue weighted by Crippen LogP contribution is 2.32. The highest BCUT2D eigenvalue weighted by atomic mass is 35.5. The van der Waals surface area contributed by atoms with Crippen molar-refractivity contribution in [3.05, 3.63) is 34.9 Å². The number of carbonyl (C=O) groups is 1. The van der Waals surface area contributed by atoms with Gasteiger partial charge >= 0.3 is 6.09 Å². The van der Waals surface area contributed by atoms with Gasteiger partial charge in [0.1, 0.15) is 0 Å². The number of halogens is 1. The molecule has 1 aliphatic rings. The number of hydrogen-bond donors (Lipinski definition) is 2. The van der Waals surface area contributed by atoms with E-state index in [0.29, 0.717) is 0 Å². The van der Waals surface area contributed by atoms with Gasteiger partial charge in [-0.1, -0.05) is 36.7 Å². The van der Waals surface area contributed by atoms with Gasteiger partial charge in [0, 0.05) is 30.2 Å². The van der Waals surface area contributed by atoms with Crippen LogP contribution in [0.1, 0.15) is 31.4 Å². The van der Waals surface area contributed by atoms with E-state index in [2.05, 4.69) is 23.2 Å². The lowest BCUT2D eigenvalue weighted by atomic mass is 10.0. The maximum atomic E-state index is 10.7. The number of amides is 1. The van der Waals surface area contributed by atoms with Crippen LogP contribution >= 0.6 is 11.6 Å². The minimum Gasteiger partial charge on any atom is -0.465 e. The maximum absolute atomic E-state index is 10.7. The molecule has 104 valence electrons. The van der Waals surface area contributed by atoms with Gasteiger partial charge in [-0.05, 0) is 24.5 Å². The molecule has 0 unspecified atom stereocenters. The van der Waals surface area contributed by atoms with Crippen molar-refractivity contribution in [3.8, 4) is 0 Å². The molecule has 1 amide bonds. The van der Waals surface area contributed by atoms with Gasteiger partial charge in [0.05, 0.1) is 0 Å². The standard InChI is InChI=1S/C14H19ClN2O2/c1-2-13(11-5-3-4-6-12(11)15)17-8-7-10(9-17)16-14(18)19/h3-6,10,13,16H,2,7-9H2,1H3,(H,18,19)/t10-,13-/m0/s1. The van der Waals surface area contributed by atoms with Crippen molar-refractivity contribution in [2.24, 2.45) is 0 Å². The Labute approximate surface area is 118 Å². The minimum atomic E-state index is -0.947. The molecule has 0 aliphatic carbocycles. The fraction of sp³-hybridized carbons (Fsp3) is 0.500. The lowest BCUT2D eigenvalue weighted by molar-refractivity contribution is 0.187. The van der Waals surface area contributed by atoms with Crippen molar-refractivity contribution >= 4 is 17.7 Å². The van der Waals surface area contributed by atoms with Crippen LogP contribution in [0.2, 0.25) is 5.02 Å². The normalized spacial score (nSPS) is 21.3. The second-order valence-electron chi connectivity index (χ2n) is 4.88. The monoisotopic (exact) mass is 282 g/mol. The summed E-state index contributed by atoms with van der Waals surface area (Å²) in [6, 6.07) is 8.16. The van der Waals surface area contributed by atoms with Gasteiger partial charge in [-0.2, -0.15) is 0 Å². The number of rotatable bonds is 4. The third kappa shape index (κ3) is 3.39. The Balaban J connectivity index is 2.08. The molecular weight excluding hydrogens is 264 g/mol. The largest absolute Gasteiger partial charge is 0.465 e. The van der Waals surface area contributed by atoms with Gasteiger partial charge in [0.25, 0.3) is 0 Å². The third-order valence-corrected chi connectivity index (χ3v) is 3.98. The molecule has 1 aromatic rings. The molecule has 5 heteroatoms. The van der Waals surface area contributed by atoms with Crippen LogP contribution in [-0.4, -0.2) is 35.2 Å². The van der Waals surface area contributed by atoms with Crippen molar-refractivity contribution in [3.63, 3.8) is 0 Å². The smallest absolute Gasteiger partial charge is 0.404 e. The summed E-state index contributed by atoms with van der Waals surface area (Å²) >= 11 is 6.26. The van der Waals surface area contributed by atoms with Crippen molar-refractivity contribution in [1.29, 1.82) is 0 Å². The van der Waals surface area contributed by atoms with Gasteiger partial charge in [0.15, 0.2) is 0 Å². The molecule has 19 heavy (non-hydrogen) atoms. The van der Waals surface area contributed by atoms with Crippen molar-refractivity contribution in [2.75, 3.05) is 13.1 Å². The Morgan fingerprint density at radius 1 is 1.58 bits per heavy atom. The summed E-state index contributed by atoms with van der Waals surface area (Å²) in [5, 5.41) is 12.1. The second-order valence-corrected chi connectivity index (χ2v) is 5.28. The van der Waals surface area contributed by atoms with Crippen LogP contribution in [-0.2, 0) is 0 Å². The molecule has 1 heterocycles. The number of nitrogens with one attached hydrogen (secondary N) is 1. The second kappa shape index (κ2) is 6.26. The van der Waals surface area contributed by atoms with E-state index >= 15 is 0 Å². The molecule has 1 aliphatic heterocycles. The molecule has 1 fully saturated rings. The zero-order valence-corrected chi connectivity index (χ0v) is 11.7. The van der Waals surface area contributed by atoms with E-state index in [1.165, 1.54) is 0 Å². The predicted molar refractivity (Wildman–Crippen MR) is 75.6 cm³/mol. The first-order valence-corrected chi connectivity index (χ1v) is 6.97. The molecule has 0 spiro atoms. The van der Waals surface area contributed by atoms with Crippen molar-refractivity contribution in [1.82, 2.24) is 10.2 Å². The average Bonchev–Trinajstić information content (AvgIpc) is 2.80. The first kappa shape index (κ1) is 14.2. The highest BCUT2D eigenvalue weighted by Gasteiger charge is 2.29. The van der Waals surface area contributed by atoms with Crippen LogP contribution in [0.4, 0.5) is 4.79 Å². The molecule has 0 bridgehead atoms. The van der Waals surface area contributed by atoms with Crippen LogP contribution in [0.15, 0.2) is 24.3 Å². The summed E-state index contributed by atoms with van der Waals surface area (Å²) in [5.74, 6) is 0. The summed E-state index contributed by atoms with van der Waals surface area (Å²) in [6.07, 6.45) is 0.870. The summed E-state index contributed by atoms with van der Waals surface area (Å²) in [5.41, 5.74) is 1.13. The van der Waals surface area contributed by atoms with Gasteiger partial charge in [0.2, 0.25) is 0 Å². The van der Waals surface area contributed by atoms with Gasteiger partial charge in [-0.25, -0.2) is 4.79 Å². The van der Waals surface area contributed by atoms with Crippen LogP contribution < -0.4 is 5.32 Å². The molecule has 2 rings (SSSR count). The number of likely N-dealkylation sites (tertiary alicyclic amines) is 1. The minimum absolute atomic E-state index is 0.0223. The summed E-state index contributed by atoms with van der Waals surface area (Å²) in [4.78, 5) is 13.0. The van der Waals surface area contributed by atoms with E-state index in [1.807, 2.05) is 18.2 Å². The zero-order valence-electron chi connectivity index (χ0n) is 11.0. The Hall–Kier alpha value is -1.26. The first-order valence-electron chi connectivity index (χ1n) is 6.59. The Kier molecular flexibility index (Phi) is 4.66. The highest BCUT2D eigenvalue weighted by molar-refractivity contribution is 6.31. The van der Waals surface area contributed by atoms with Gasteiger partial charge < -0.3 is 10.4 Å². The van der Waals surface area contributed by atoms with Crippen LogP contribution in [0.3, 0.4) is 0 Å². The predicted octanol–water partition coefficient (Wildman–Crippen LogP) is 3.13. The van der Waals surface area contributed by atoms with E-state index in [0.717, 1.165) is 36.5 Å². The lowest BCUT2D eigenvalue weighted by Gasteiger charge is -2.28. The SMILES string of the molecule is CC[C@@H](c1ccccc1Cl)N1CC[C@H](NC(=O)O)C1. The Bertz CT molecular complexity index is 453. The first-order chi connectivity index (χ1) is 9.11. The average molecular weight is 283 g/mol. The van der Waals surface area contributed by atoms with E-state index in [9.17, 15) is 4.79 Å². The number of nitrogens with zero attached hydrogens (tertiary/aromatic N) is 1. The van der Waals surface area contributed by atoms with E-state index in [-0.39, 0.29) is 12.1 Å². The molecule has 2 atom stereocenters. The van der Waals surface area contributed by atoms with Gasteiger partial charge in [-0.15, -0.1) is 0 Å². The van der Waals surface area contributed by atoms with Crippen LogP contribution in [0.5, 0.6) is 0 Å². The number of benzene rings is 1. The maximum Gasteiger partial charge on any atom is 0.404 e. The summed E-state index contributed by atoms with van der Waals surface area (Å²) in [7, 11) is 0. The van der Waals surface area contributed by atoms with Crippen LogP contribution in [0, 0.1) is 0 Å². The molecule has 1 saturated heterocycles. The molecule has 2 N–H and O–H groups in total. The zero-order chi connectivity index (χ0) is 13.8. The fourth-order valence-electron chi connectivity index (χ4n) is 2.78. The van der Waals surface area contributed by atoms with Gasteiger partial charge in [-0.3, -0.25) is 4.90 Å². The summed E-state index contributed by atoms with van der Waals surface area (Å²) < 4.78 is 0. The number of hydrogen-bond acceptors (Lipinski definition) is 2. The lowest BCUT2D eigenvalue weighted by Crippen LogP contribution is -2.36. The third-order valence-electron chi connectivity index (χ3n) is 3.64. The van der Waals surface area contributed by atoms with Crippen molar-refractivity contribution < 1.29 is 9.90 Å². The molecule has 0 saturated carbocycles. The number of carboxylic acid groups (broad SMARTS) is 1. The fourth-order valence-corrected chi connectivity index (χ4v) is 3.04. The molecule has 4 nitrogen and oxygen atoms in total. The topological polar surface area (TPSA) is 52.6 Å². The molecular formula is C14H19ClN2O2. The van der Waals surface area contributed by atoms with E-state index < -0.39 is 6.09 Å². The van der Waals surface area contributed by atoms with Crippen LogP contribution in [0.25, 0.3) is 0 Å². The Morgan fingerprint density at radius 3 is 2.95 bits per heavy atom. The Morgan fingerprint density at radius 2 is 2.32 bits per heavy atom. The van der Waals surface area contributed by atoms with Crippen molar-refractivity contribution in [2.45, 2.75) is 31.8 Å². The molecule has 0 aromatic heterocycles.